The normalized spacial score (nSPS) is 11.7. The number of aliphatic hydroxyl groups excluding tert-OH is 1. The lowest BCUT2D eigenvalue weighted by Crippen LogP contribution is -1.98. The van der Waals surface area contributed by atoms with Crippen molar-refractivity contribution in [3.8, 4) is 0 Å². The van der Waals surface area contributed by atoms with Gasteiger partial charge in [0.05, 0.1) is 0 Å². The van der Waals surface area contributed by atoms with Crippen molar-refractivity contribution >= 4 is 0 Å². The molecule has 0 unspecified atom stereocenters. The van der Waals surface area contributed by atoms with Crippen LogP contribution in [0, 0.1) is 5.92 Å². The minimum absolute atomic E-state index is 0.347. The molecule has 0 heterocycles. The molecule has 0 aliphatic rings. The van der Waals surface area contributed by atoms with Crippen LogP contribution in [0.5, 0.6) is 0 Å². The Bertz CT molecular complexity index is 60.1. The van der Waals surface area contributed by atoms with Gasteiger partial charge in [-0.25, -0.2) is 8.78 Å². The second-order valence-corrected chi connectivity index (χ2v) is 2.53. The Balaban J connectivity index is 0. The molecule has 0 radical (unpaired) electrons. The van der Waals surface area contributed by atoms with Crippen LogP contribution in [-0.4, -0.2) is 18.6 Å². The van der Waals surface area contributed by atoms with Gasteiger partial charge in [0.2, 0.25) is 6.93 Å². The Hall–Kier alpha value is -0.180. The van der Waals surface area contributed by atoms with Crippen LogP contribution in [0.2, 0.25) is 0 Å². The molecule has 1 N–H and O–H groups in total. The van der Waals surface area contributed by atoms with Gasteiger partial charge in [-0.15, -0.1) is 0 Å². The Labute approximate surface area is 67.4 Å². The Morgan fingerprint density at radius 3 is 2.09 bits per heavy atom. The van der Waals surface area contributed by atoms with Crippen LogP contribution in [0.3, 0.4) is 0 Å². The Morgan fingerprint density at radius 2 is 1.82 bits per heavy atom. The molecule has 0 amide bonds. The first-order valence-electron chi connectivity index (χ1n) is 3.95. The van der Waals surface area contributed by atoms with Gasteiger partial charge in [0.25, 0.3) is 0 Å². The number of aliphatic hydroxyl groups is 1. The van der Waals surface area contributed by atoms with Crippen molar-refractivity contribution in [2.45, 2.75) is 33.1 Å². The van der Waals surface area contributed by atoms with Gasteiger partial charge in [-0.05, 0) is 12.3 Å². The Morgan fingerprint density at radius 1 is 1.36 bits per heavy atom. The zero-order chi connectivity index (χ0) is 9.11. The molecular formula is C8H18F2O. The first-order chi connectivity index (χ1) is 5.22. The van der Waals surface area contributed by atoms with Gasteiger partial charge in [-0.2, -0.15) is 0 Å². The topological polar surface area (TPSA) is 20.2 Å². The highest BCUT2D eigenvalue weighted by atomic mass is 19.3. The number of hydrogen-bond acceptors (Lipinski definition) is 1. The molecule has 0 aliphatic carbocycles. The van der Waals surface area contributed by atoms with E-state index in [1.54, 1.807) is 0 Å². The maximum atomic E-state index is 9.62. The lowest BCUT2D eigenvalue weighted by Gasteiger charge is -2.03. The molecule has 0 aromatic heterocycles. The number of alkyl halides is 2. The van der Waals surface area contributed by atoms with Crippen molar-refractivity contribution in [3.05, 3.63) is 0 Å². The molecule has 0 fully saturated rings. The SMILES string of the molecule is CCCC[C@@H](C)CO.FCF. The van der Waals surface area contributed by atoms with Crippen molar-refractivity contribution in [1.29, 1.82) is 0 Å². The van der Waals surface area contributed by atoms with Crippen molar-refractivity contribution in [2.24, 2.45) is 5.92 Å². The molecule has 0 rings (SSSR count). The van der Waals surface area contributed by atoms with Gasteiger partial charge < -0.3 is 5.11 Å². The fraction of sp³-hybridized carbons (Fsp3) is 1.00. The van der Waals surface area contributed by atoms with Crippen molar-refractivity contribution in [2.75, 3.05) is 13.5 Å². The average Bonchev–Trinajstić information content (AvgIpc) is 2.02. The summed E-state index contributed by atoms with van der Waals surface area (Å²) in [5.74, 6) is 0.509. The minimum Gasteiger partial charge on any atom is -0.396 e. The van der Waals surface area contributed by atoms with Gasteiger partial charge in [0.15, 0.2) is 0 Å². The molecule has 0 bridgehead atoms. The van der Waals surface area contributed by atoms with E-state index in [1.165, 1.54) is 19.3 Å². The second-order valence-electron chi connectivity index (χ2n) is 2.53. The molecule has 3 heteroatoms. The third kappa shape index (κ3) is 17.7. The van der Waals surface area contributed by atoms with Gasteiger partial charge in [0, 0.05) is 6.61 Å². The van der Waals surface area contributed by atoms with Crippen LogP contribution in [0.25, 0.3) is 0 Å². The monoisotopic (exact) mass is 168 g/mol. The van der Waals surface area contributed by atoms with E-state index in [0.29, 0.717) is 12.5 Å². The van der Waals surface area contributed by atoms with E-state index in [2.05, 4.69) is 13.8 Å². The summed E-state index contributed by atoms with van der Waals surface area (Å²) in [6.07, 6.45) is 3.67. The molecule has 0 aromatic carbocycles. The summed E-state index contributed by atoms with van der Waals surface area (Å²) in [6, 6.07) is 0. The Kier molecular flexibility index (Phi) is 15.2. The van der Waals surface area contributed by atoms with Crippen LogP contribution < -0.4 is 0 Å². The molecule has 1 nitrogen and oxygen atoms in total. The fourth-order valence-electron chi connectivity index (χ4n) is 0.644. The molecule has 0 saturated heterocycles. The zero-order valence-electron chi connectivity index (χ0n) is 7.32. The summed E-state index contributed by atoms with van der Waals surface area (Å²) < 4.78 is 19.2. The molecule has 0 aliphatic heterocycles. The fourth-order valence-corrected chi connectivity index (χ4v) is 0.644. The van der Waals surface area contributed by atoms with E-state index in [1.807, 2.05) is 0 Å². The molecule has 1 atom stereocenters. The maximum absolute atomic E-state index is 9.62. The molecule has 0 saturated carbocycles. The number of unbranched alkanes of at least 4 members (excludes halogenated alkanes) is 1. The van der Waals surface area contributed by atoms with E-state index >= 15 is 0 Å². The first-order valence-corrected chi connectivity index (χ1v) is 3.95. The van der Waals surface area contributed by atoms with E-state index in [4.69, 9.17) is 5.11 Å². The summed E-state index contributed by atoms with van der Waals surface area (Å²) in [7, 11) is 0. The highest BCUT2D eigenvalue weighted by molar-refractivity contribution is 4.48. The summed E-state index contributed by atoms with van der Waals surface area (Å²) in [5, 5.41) is 8.56. The third-order valence-corrected chi connectivity index (χ3v) is 1.36. The average molecular weight is 168 g/mol. The predicted molar refractivity (Wildman–Crippen MR) is 42.9 cm³/mol. The lowest BCUT2D eigenvalue weighted by molar-refractivity contribution is 0.228. The van der Waals surface area contributed by atoms with Crippen molar-refractivity contribution in [1.82, 2.24) is 0 Å². The first kappa shape index (κ1) is 13.4. The van der Waals surface area contributed by atoms with Crippen LogP contribution in [-0.2, 0) is 0 Å². The van der Waals surface area contributed by atoms with Crippen molar-refractivity contribution < 1.29 is 13.9 Å². The number of hydrogen-bond donors (Lipinski definition) is 1. The van der Waals surface area contributed by atoms with E-state index < -0.39 is 6.93 Å². The summed E-state index contributed by atoms with van der Waals surface area (Å²) >= 11 is 0. The molecule has 0 spiro atoms. The zero-order valence-corrected chi connectivity index (χ0v) is 7.32. The molecular weight excluding hydrogens is 150 g/mol. The second kappa shape index (κ2) is 12.5. The molecule has 70 valence electrons. The third-order valence-electron chi connectivity index (χ3n) is 1.36. The van der Waals surface area contributed by atoms with Gasteiger partial charge >= 0.3 is 0 Å². The van der Waals surface area contributed by atoms with E-state index in [0.717, 1.165) is 0 Å². The predicted octanol–water partition coefficient (Wildman–Crippen LogP) is 2.69. The van der Waals surface area contributed by atoms with Gasteiger partial charge in [-0.3, -0.25) is 0 Å². The van der Waals surface area contributed by atoms with Crippen molar-refractivity contribution in [3.63, 3.8) is 0 Å². The van der Waals surface area contributed by atoms with Gasteiger partial charge in [-0.1, -0.05) is 26.7 Å². The number of halogens is 2. The minimum atomic E-state index is -1.75. The van der Waals surface area contributed by atoms with E-state index in [9.17, 15) is 8.78 Å². The summed E-state index contributed by atoms with van der Waals surface area (Å²) in [5.41, 5.74) is 0. The smallest absolute Gasteiger partial charge is 0.229 e. The standard InChI is InChI=1S/C7H16O.CH2F2/c1-3-4-5-7(2)6-8;2-1-3/h7-8H,3-6H2,1-2H3;1H2/t7-;/m1./s1. The van der Waals surface area contributed by atoms with Gasteiger partial charge in [0.1, 0.15) is 0 Å². The molecule has 11 heavy (non-hydrogen) atoms. The highest BCUT2D eigenvalue weighted by Crippen LogP contribution is 2.04. The largest absolute Gasteiger partial charge is 0.396 e. The lowest BCUT2D eigenvalue weighted by atomic mass is 10.1. The van der Waals surface area contributed by atoms with Crippen LogP contribution >= 0.6 is 0 Å². The van der Waals surface area contributed by atoms with Crippen LogP contribution in [0.4, 0.5) is 8.78 Å². The number of rotatable bonds is 4. The van der Waals surface area contributed by atoms with Crippen LogP contribution in [0.1, 0.15) is 33.1 Å². The van der Waals surface area contributed by atoms with Crippen LogP contribution in [0.15, 0.2) is 0 Å². The summed E-state index contributed by atoms with van der Waals surface area (Å²) in [6.45, 7) is 2.85. The van der Waals surface area contributed by atoms with E-state index in [-0.39, 0.29) is 0 Å². The quantitative estimate of drug-likeness (QED) is 0.684. The highest BCUT2D eigenvalue weighted by Gasteiger charge is 1.95. The molecule has 0 aromatic rings. The summed E-state index contributed by atoms with van der Waals surface area (Å²) in [4.78, 5) is 0. The maximum Gasteiger partial charge on any atom is 0.229 e.